The number of amides is 1. The maximum absolute atomic E-state index is 11.6. The smallest absolute Gasteiger partial charge is 0.224 e. The Morgan fingerprint density at radius 2 is 2.06 bits per heavy atom. The summed E-state index contributed by atoms with van der Waals surface area (Å²) in [5, 5.41) is 3.07. The number of benzene rings is 1. The van der Waals surface area contributed by atoms with Crippen molar-refractivity contribution in [2.24, 2.45) is 0 Å². The second-order valence-electron chi connectivity index (χ2n) is 4.08. The summed E-state index contributed by atoms with van der Waals surface area (Å²) in [7, 11) is 0. The first kappa shape index (κ1) is 14.5. The van der Waals surface area contributed by atoms with Crippen LogP contribution in [0.25, 0.3) is 0 Å². The fourth-order valence-electron chi connectivity index (χ4n) is 1.46. The molecular weight excluding hydrogens is 302 g/mol. The first-order valence-electron chi connectivity index (χ1n) is 5.73. The highest BCUT2D eigenvalue weighted by molar-refractivity contribution is 9.10. The summed E-state index contributed by atoms with van der Waals surface area (Å²) in [6, 6.07) is 7.78. The Labute approximate surface area is 116 Å². The van der Waals surface area contributed by atoms with Crippen LogP contribution in [0.4, 0.5) is 0 Å². The molecule has 0 radical (unpaired) electrons. The van der Waals surface area contributed by atoms with Gasteiger partial charge in [0.15, 0.2) is 0 Å². The molecule has 0 saturated heterocycles. The van der Waals surface area contributed by atoms with Gasteiger partial charge in [0, 0.05) is 16.4 Å². The van der Waals surface area contributed by atoms with E-state index in [1.807, 2.05) is 31.2 Å². The molecule has 1 unspecified atom stereocenters. The number of halogens is 2. The van der Waals surface area contributed by atoms with E-state index in [2.05, 4.69) is 21.2 Å². The Bertz CT molecular complexity index is 351. The van der Waals surface area contributed by atoms with Gasteiger partial charge < -0.3 is 5.32 Å². The molecule has 0 fully saturated rings. The van der Waals surface area contributed by atoms with Gasteiger partial charge in [-0.3, -0.25) is 4.79 Å². The van der Waals surface area contributed by atoms with E-state index in [1.165, 1.54) is 0 Å². The monoisotopic (exact) mass is 317 g/mol. The molecule has 0 saturated carbocycles. The zero-order valence-electron chi connectivity index (χ0n) is 9.88. The van der Waals surface area contributed by atoms with Gasteiger partial charge in [-0.05, 0) is 37.5 Å². The lowest BCUT2D eigenvalue weighted by atomic mass is 10.1. The Balaban J connectivity index is 2.23. The summed E-state index contributed by atoms with van der Waals surface area (Å²) < 4.78 is 1.03. The highest BCUT2D eigenvalue weighted by Crippen LogP contribution is 2.10. The fourth-order valence-corrected chi connectivity index (χ4v) is 1.88. The maximum atomic E-state index is 11.6. The van der Waals surface area contributed by atoms with Crippen LogP contribution in [0.15, 0.2) is 28.7 Å². The predicted octanol–water partition coefficient (Wildman–Crippen LogP) is 3.52. The average molecular weight is 319 g/mol. The quantitative estimate of drug-likeness (QED) is 0.631. The minimum atomic E-state index is 0.0644. The van der Waals surface area contributed by atoms with E-state index in [4.69, 9.17) is 11.6 Å². The van der Waals surface area contributed by atoms with Crippen LogP contribution in [0.3, 0.4) is 0 Å². The third-order valence-electron chi connectivity index (χ3n) is 2.38. The van der Waals surface area contributed by atoms with Gasteiger partial charge in [-0.25, -0.2) is 0 Å². The first-order valence-corrected chi connectivity index (χ1v) is 6.96. The molecule has 0 bridgehead atoms. The van der Waals surface area contributed by atoms with Crippen molar-refractivity contribution in [2.45, 2.75) is 31.6 Å². The molecule has 0 spiro atoms. The average Bonchev–Trinajstić information content (AvgIpc) is 2.27. The van der Waals surface area contributed by atoms with Crippen LogP contribution in [0.5, 0.6) is 0 Å². The van der Waals surface area contributed by atoms with E-state index in [0.717, 1.165) is 22.9 Å². The van der Waals surface area contributed by atoms with Crippen LogP contribution >= 0.6 is 27.5 Å². The van der Waals surface area contributed by atoms with Crippen LogP contribution in [0, 0.1) is 0 Å². The molecule has 1 N–H and O–H groups in total. The van der Waals surface area contributed by atoms with Crippen molar-refractivity contribution in [3.63, 3.8) is 0 Å². The largest absolute Gasteiger partial charge is 0.356 e. The number of alkyl halides is 1. The number of nitrogens with one attached hydrogen (secondary N) is 1. The maximum Gasteiger partial charge on any atom is 0.224 e. The number of hydrogen-bond acceptors (Lipinski definition) is 1. The van der Waals surface area contributed by atoms with Gasteiger partial charge in [0.1, 0.15) is 0 Å². The molecule has 0 heterocycles. The normalized spacial score (nSPS) is 12.2. The molecule has 1 rings (SSSR count). The summed E-state index contributed by atoms with van der Waals surface area (Å²) >= 11 is 9.18. The van der Waals surface area contributed by atoms with Gasteiger partial charge in [0.25, 0.3) is 0 Å². The lowest BCUT2D eigenvalue weighted by Gasteiger charge is -2.06. The molecule has 1 aromatic carbocycles. The van der Waals surface area contributed by atoms with Crippen molar-refractivity contribution in [2.75, 3.05) is 6.54 Å². The Kier molecular flexibility index (Phi) is 6.60. The third kappa shape index (κ3) is 6.69. The third-order valence-corrected chi connectivity index (χ3v) is 3.13. The highest BCUT2D eigenvalue weighted by Gasteiger charge is 2.03. The molecule has 0 aliphatic heterocycles. The predicted molar refractivity (Wildman–Crippen MR) is 75.4 cm³/mol. The molecule has 0 aromatic heterocycles. The summed E-state index contributed by atoms with van der Waals surface area (Å²) in [6.45, 7) is 2.66. The molecule has 94 valence electrons. The van der Waals surface area contributed by atoms with E-state index in [1.54, 1.807) is 0 Å². The van der Waals surface area contributed by atoms with E-state index in [-0.39, 0.29) is 11.3 Å². The molecule has 4 heteroatoms. The Hall–Kier alpha value is -0.540. The van der Waals surface area contributed by atoms with Gasteiger partial charge in [-0.15, -0.1) is 11.6 Å². The molecule has 1 aromatic rings. The second kappa shape index (κ2) is 7.72. The van der Waals surface area contributed by atoms with Crippen molar-refractivity contribution < 1.29 is 4.79 Å². The number of carbonyl (C=O) groups is 1. The number of carbonyl (C=O) groups excluding carboxylic acids is 1. The van der Waals surface area contributed by atoms with E-state index < -0.39 is 0 Å². The lowest BCUT2D eigenvalue weighted by Crippen LogP contribution is -2.26. The Morgan fingerprint density at radius 3 is 2.65 bits per heavy atom. The van der Waals surface area contributed by atoms with Gasteiger partial charge in [-0.2, -0.15) is 0 Å². The topological polar surface area (TPSA) is 29.1 Å². The summed E-state index contributed by atoms with van der Waals surface area (Å²) in [5.41, 5.74) is 1.02. The van der Waals surface area contributed by atoms with E-state index >= 15 is 0 Å². The van der Waals surface area contributed by atoms with Crippen molar-refractivity contribution in [1.29, 1.82) is 0 Å². The van der Waals surface area contributed by atoms with Crippen molar-refractivity contribution in [3.8, 4) is 0 Å². The summed E-state index contributed by atoms with van der Waals surface area (Å²) in [5.74, 6) is 0.0644. The van der Waals surface area contributed by atoms with E-state index in [0.29, 0.717) is 13.0 Å². The van der Waals surface area contributed by atoms with Gasteiger partial charge in [0.2, 0.25) is 5.91 Å². The van der Waals surface area contributed by atoms with Gasteiger partial charge >= 0.3 is 0 Å². The molecule has 2 nitrogen and oxygen atoms in total. The minimum Gasteiger partial charge on any atom is -0.356 e. The summed E-state index contributed by atoms with van der Waals surface area (Å²) in [4.78, 5) is 11.6. The molecule has 0 aliphatic rings. The zero-order valence-corrected chi connectivity index (χ0v) is 12.2. The highest BCUT2D eigenvalue weighted by atomic mass is 79.9. The fraction of sp³-hybridized carbons (Fsp3) is 0.462. The van der Waals surface area contributed by atoms with Crippen molar-refractivity contribution in [3.05, 3.63) is 34.3 Å². The standard InChI is InChI=1S/C13H17BrClNO/c1-10(15)3-2-8-16-13(17)9-11-4-6-12(14)7-5-11/h4-7,10H,2-3,8-9H2,1H3,(H,16,17). The molecule has 0 aliphatic carbocycles. The van der Waals surface area contributed by atoms with E-state index in [9.17, 15) is 4.79 Å². The first-order chi connectivity index (χ1) is 8.08. The van der Waals surface area contributed by atoms with Crippen LogP contribution in [-0.2, 0) is 11.2 Å². The molecule has 1 amide bonds. The summed E-state index contributed by atoms with van der Waals surface area (Å²) in [6.07, 6.45) is 2.29. The Morgan fingerprint density at radius 1 is 1.41 bits per heavy atom. The second-order valence-corrected chi connectivity index (χ2v) is 5.74. The molecule has 1 atom stereocenters. The van der Waals surface area contributed by atoms with Crippen LogP contribution in [0.1, 0.15) is 25.3 Å². The molecule has 17 heavy (non-hydrogen) atoms. The molecular formula is C13H17BrClNO. The SMILES string of the molecule is CC(Cl)CCCNC(=O)Cc1ccc(Br)cc1. The zero-order chi connectivity index (χ0) is 12.7. The van der Waals surface area contributed by atoms with Crippen LogP contribution in [0.2, 0.25) is 0 Å². The lowest BCUT2D eigenvalue weighted by molar-refractivity contribution is -0.120. The van der Waals surface area contributed by atoms with Crippen LogP contribution in [-0.4, -0.2) is 17.8 Å². The minimum absolute atomic E-state index is 0.0644. The number of rotatable bonds is 6. The van der Waals surface area contributed by atoms with Crippen LogP contribution < -0.4 is 5.32 Å². The van der Waals surface area contributed by atoms with Crippen molar-refractivity contribution >= 4 is 33.4 Å². The van der Waals surface area contributed by atoms with Gasteiger partial charge in [0.05, 0.1) is 6.42 Å². The van der Waals surface area contributed by atoms with Crippen molar-refractivity contribution in [1.82, 2.24) is 5.32 Å². The van der Waals surface area contributed by atoms with Gasteiger partial charge in [-0.1, -0.05) is 28.1 Å². The number of hydrogen-bond donors (Lipinski definition) is 1.